The number of aliphatic hydroxyl groups is 4. The number of carbonyl (C=O) groups excluding carboxylic acids is 4. The van der Waals surface area contributed by atoms with Gasteiger partial charge in [-0.25, -0.2) is 9.59 Å². The van der Waals surface area contributed by atoms with Crippen LogP contribution in [0.1, 0.15) is 111 Å². The van der Waals surface area contributed by atoms with Crippen LogP contribution in [0, 0.1) is 11.8 Å². The Morgan fingerprint density at radius 1 is 0.944 bits per heavy atom. The molecule has 2 fully saturated rings. The number of carbonyl (C=O) groups is 4. The number of phenols is 2. The molecule has 4 rings (SSSR count). The van der Waals surface area contributed by atoms with Crippen LogP contribution in [0.15, 0.2) is 63.2 Å². The van der Waals surface area contributed by atoms with Crippen LogP contribution in [0.2, 0.25) is 5.02 Å². The molecule has 0 radical (unpaired) electrons. The molecular formula is C52H72BrClO18. The van der Waals surface area contributed by atoms with Gasteiger partial charge in [-0.2, -0.15) is 0 Å². The third-order valence-corrected chi connectivity index (χ3v) is 14.1. The SMILES string of the molecule is CCc1c(Br)c(O)c(Cl)c(O)c1C(=O)O[C@@H]1[C@@H](O)[C@@H](OC)[C@@H](OC/C2=C/C=C\CC(O)/C(C)=C\C(CC)C(O[C@@H]3OC(C)(C)[C@@H](OC(=O)C(C)C)[C@H](O)[C@@H]3O)/C(C)=C\C(C)=C/CC(C(C)=O)OC2=O)O[C@H]1C. The zero-order chi connectivity index (χ0) is 54.1. The summed E-state index contributed by atoms with van der Waals surface area (Å²) in [6.07, 6.45) is -4.69. The molecule has 4 unspecified atom stereocenters. The van der Waals surface area contributed by atoms with Gasteiger partial charge in [0.25, 0.3) is 0 Å². The molecule has 0 aliphatic carbocycles. The number of methoxy groups -OCH3 is 1. The Morgan fingerprint density at radius 2 is 1.61 bits per heavy atom. The molecule has 1 aromatic rings. The van der Waals surface area contributed by atoms with E-state index in [4.69, 9.17) is 49.5 Å². The molecule has 3 heterocycles. The second kappa shape index (κ2) is 26.5. The fraction of sp³-hybridized carbons (Fsp3) is 0.615. The Hall–Kier alpha value is -3.99. The first-order chi connectivity index (χ1) is 33.7. The maximum Gasteiger partial charge on any atom is 0.342 e. The second-order valence-corrected chi connectivity index (χ2v) is 20.4. The third-order valence-electron chi connectivity index (χ3n) is 12.9. The molecule has 3 aliphatic heterocycles. The van der Waals surface area contributed by atoms with Crippen molar-refractivity contribution in [2.45, 2.75) is 181 Å². The Labute approximate surface area is 434 Å². The van der Waals surface area contributed by atoms with Crippen molar-refractivity contribution in [3.8, 4) is 11.5 Å². The van der Waals surface area contributed by atoms with Gasteiger partial charge in [0.15, 0.2) is 48.2 Å². The Bertz CT molecular complexity index is 2270. The monoisotopic (exact) mass is 1100 g/mol. The van der Waals surface area contributed by atoms with Crippen molar-refractivity contribution in [2.24, 2.45) is 11.8 Å². The normalized spacial score (nSPS) is 34.3. The number of benzene rings is 1. The lowest BCUT2D eigenvalue weighted by atomic mass is 9.88. The fourth-order valence-electron chi connectivity index (χ4n) is 8.54. The maximum atomic E-state index is 13.9. The van der Waals surface area contributed by atoms with Gasteiger partial charge >= 0.3 is 17.9 Å². The zero-order valence-corrected chi connectivity index (χ0v) is 45.3. The van der Waals surface area contributed by atoms with Crippen LogP contribution in [0.3, 0.4) is 0 Å². The molecule has 3 aliphatic rings. The topological polar surface area (TPSA) is 263 Å². The highest BCUT2D eigenvalue weighted by Gasteiger charge is 2.53. The van der Waals surface area contributed by atoms with Crippen molar-refractivity contribution in [3.63, 3.8) is 0 Å². The number of ether oxygens (including phenoxy) is 8. The van der Waals surface area contributed by atoms with Crippen LogP contribution in [0.5, 0.6) is 11.5 Å². The van der Waals surface area contributed by atoms with Crippen LogP contribution in [0.4, 0.5) is 0 Å². The fourth-order valence-corrected chi connectivity index (χ4v) is 9.52. The summed E-state index contributed by atoms with van der Waals surface area (Å²) >= 11 is 9.29. The molecule has 0 bridgehead atoms. The van der Waals surface area contributed by atoms with Gasteiger partial charge in [0, 0.05) is 19.4 Å². The van der Waals surface area contributed by atoms with E-state index < -0.39 is 138 Å². The lowest BCUT2D eigenvalue weighted by Gasteiger charge is -2.47. The van der Waals surface area contributed by atoms with E-state index in [1.165, 1.54) is 33.1 Å². The number of aliphatic hydroxyl groups excluding tert-OH is 4. The van der Waals surface area contributed by atoms with Gasteiger partial charge in [-0.15, -0.1) is 0 Å². The van der Waals surface area contributed by atoms with Crippen LogP contribution in [0.25, 0.3) is 0 Å². The number of ketones is 1. The van der Waals surface area contributed by atoms with Gasteiger partial charge in [0.1, 0.15) is 40.6 Å². The average molecular weight is 1100 g/mol. The molecule has 0 spiro atoms. The number of esters is 3. The largest absolute Gasteiger partial charge is 0.505 e. The summed E-state index contributed by atoms with van der Waals surface area (Å²) in [7, 11) is 1.26. The van der Waals surface area contributed by atoms with Crippen molar-refractivity contribution in [1.82, 2.24) is 0 Å². The molecule has 2 saturated heterocycles. The summed E-state index contributed by atoms with van der Waals surface area (Å²) < 4.78 is 47.5. The summed E-state index contributed by atoms with van der Waals surface area (Å²) in [6, 6.07) is 0. The quantitative estimate of drug-likeness (QED) is 0.0695. The van der Waals surface area contributed by atoms with Crippen molar-refractivity contribution in [3.05, 3.63) is 79.4 Å². The number of Topliss-reactive ketones (excluding diaryl/α,β-unsaturated/α-hetero) is 1. The highest BCUT2D eigenvalue weighted by molar-refractivity contribution is 9.10. The molecule has 18 nitrogen and oxygen atoms in total. The number of phenolic OH excluding ortho intramolecular Hbond substituents is 2. The summed E-state index contributed by atoms with van der Waals surface area (Å²) in [5, 5.41) is 66.0. The Morgan fingerprint density at radius 3 is 2.21 bits per heavy atom. The molecule has 1 aromatic carbocycles. The molecule has 0 amide bonds. The summed E-state index contributed by atoms with van der Waals surface area (Å²) in [4.78, 5) is 53.0. The van der Waals surface area contributed by atoms with Crippen molar-refractivity contribution < 1.29 is 87.7 Å². The number of halogens is 2. The van der Waals surface area contributed by atoms with E-state index in [1.54, 1.807) is 60.6 Å². The van der Waals surface area contributed by atoms with E-state index in [1.807, 2.05) is 26.0 Å². The van der Waals surface area contributed by atoms with E-state index in [0.717, 1.165) is 0 Å². The molecule has 402 valence electrons. The van der Waals surface area contributed by atoms with Gasteiger partial charge in [-0.1, -0.05) is 75.2 Å². The number of allylic oxidation sites excluding steroid dienone is 4. The predicted octanol–water partition coefficient (Wildman–Crippen LogP) is 6.55. The maximum absolute atomic E-state index is 13.9. The number of rotatable bonds is 13. The third kappa shape index (κ3) is 14.6. The summed E-state index contributed by atoms with van der Waals surface area (Å²) in [5.41, 5.74) is 0.441. The average Bonchev–Trinajstić information content (AvgIpc) is 3.32. The molecule has 6 N–H and O–H groups in total. The van der Waals surface area contributed by atoms with Gasteiger partial charge in [-0.3, -0.25) is 9.59 Å². The van der Waals surface area contributed by atoms with E-state index in [0.29, 0.717) is 23.1 Å². The van der Waals surface area contributed by atoms with Gasteiger partial charge in [0.2, 0.25) is 0 Å². The molecule has 72 heavy (non-hydrogen) atoms. The van der Waals surface area contributed by atoms with Gasteiger partial charge in [-0.05, 0) is 106 Å². The number of cyclic esters (lactones) is 1. The smallest absolute Gasteiger partial charge is 0.342 e. The van der Waals surface area contributed by atoms with Crippen LogP contribution in [-0.2, 0) is 58.7 Å². The first-order valence-corrected chi connectivity index (χ1v) is 25.2. The number of hydrogen-bond donors (Lipinski definition) is 6. The minimum atomic E-state index is -1.61. The van der Waals surface area contributed by atoms with Crippen LogP contribution >= 0.6 is 27.5 Å². The Balaban J connectivity index is 1.61. The van der Waals surface area contributed by atoms with Gasteiger partial charge < -0.3 is 68.5 Å². The lowest BCUT2D eigenvalue weighted by molar-refractivity contribution is -0.333. The van der Waals surface area contributed by atoms with Crippen molar-refractivity contribution >= 4 is 51.2 Å². The second-order valence-electron chi connectivity index (χ2n) is 19.2. The number of aromatic hydroxyl groups is 2. The Kier molecular flexibility index (Phi) is 22.3. The standard InChI is InChI=1S/C52H72BrClO18/c1-13-30-22-26(6)33(56)18-16-15-17-31(23-66-51-45(65-12)42(61)44(29(9)67-51)69-49(64)35-32(14-2)36(53)39(58)37(54)38(35)57)48(63)68-34(28(8)55)20-19-25(5)21-27(7)43(30)70-50-41(60)40(59)46(52(10,11)72-50)71-47(62)24(3)4/h15-17,19,21-22,24,29-30,33-34,40-46,50-51,56-61H,13-14,18,20,23H2,1-12H3/b16-15-,25-19-,26-22-,27-21-,31-17-/t29-,30?,33?,34?,40+,41-,42+,43?,44-,45+,46-,50+,51-/m0/s1. The van der Waals surface area contributed by atoms with E-state index in [-0.39, 0.29) is 40.4 Å². The van der Waals surface area contributed by atoms with Crippen LogP contribution < -0.4 is 0 Å². The minimum Gasteiger partial charge on any atom is -0.505 e. The minimum absolute atomic E-state index is 0.0258. The first kappa shape index (κ1) is 60.6. The summed E-state index contributed by atoms with van der Waals surface area (Å²) in [5.74, 6) is -5.07. The highest BCUT2D eigenvalue weighted by atomic mass is 79.9. The molecule has 20 heteroatoms. The molecule has 13 atom stereocenters. The first-order valence-electron chi connectivity index (χ1n) is 24.0. The summed E-state index contributed by atoms with van der Waals surface area (Å²) in [6.45, 7) is 17.8. The van der Waals surface area contributed by atoms with E-state index >= 15 is 0 Å². The zero-order valence-electron chi connectivity index (χ0n) is 42.9. The molecular weight excluding hydrogens is 1030 g/mol. The predicted molar refractivity (Wildman–Crippen MR) is 267 cm³/mol. The molecule has 0 saturated carbocycles. The van der Waals surface area contributed by atoms with Crippen molar-refractivity contribution in [1.29, 1.82) is 0 Å². The number of hydrogen-bond acceptors (Lipinski definition) is 18. The molecule has 0 aromatic heterocycles. The van der Waals surface area contributed by atoms with E-state index in [9.17, 15) is 49.8 Å². The highest BCUT2D eigenvalue weighted by Crippen LogP contribution is 2.45. The lowest BCUT2D eigenvalue weighted by Crippen LogP contribution is -2.64. The van der Waals surface area contributed by atoms with Crippen molar-refractivity contribution in [2.75, 3.05) is 13.7 Å². The van der Waals surface area contributed by atoms with Crippen LogP contribution in [-0.4, -0.2) is 147 Å². The van der Waals surface area contributed by atoms with E-state index in [2.05, 4.69) is 15.9 Å². The van der Waals surface area contributed by atoms with Gasteiger partial charge in [0.05, 0.1) is 40.9 Å².